The Morgan fingerprint density at radius 1 is 1.12 bits per heavy atom. The first-order valence-electron chi connectivity index (χ1n) is 9.64. The summed E-state index contributed by atoms with van der Waals surface area (Å²) in [7, 11) is 2.95. The quantitative estimate of drug-likeness (QED) is 0.657. The number of amides is 1. The van der Waals surface area contributed by atoms with Crippen molar-refractivity contribution in [2.24, 2.45) is 10.7 Å². The monoisotopic (exact) mass is 438 g/mol. The van der Waals surface area contributed by atoms with Crippen LogP contribution in [0.2, 0.25) is 0 Å². The summed E-state index contributed by atoms with van der Waals surface area (Å²) in [5.74, 6) is 0.459. The first-order chi connectivity index (χ1) is 15.3. The summed E-state index contributed by atoms with van der Waals surface area (Å²) in [6, 6.07) is 9.17. The second-order valence-electron chi connectivity index (χ2n) is 7.26. The van der Waals surface area contributed by atoms with Crippen molar-refractivity contribution in [2.75, 3.05) is 14.2 Å². The molecule has 0 spiro atoms. The summed E-state index contributed by atoms with van der Waals surface area (Å²) in [4.78, 5) is 31.5. The normalized spacial score (nSPS) is 18.2. The van der Waals surface area contributed by atoms with Gasteiger partial charge >= 0.3 is 0 Å². The summed E-state index contributed by atoms with van der Waals surface area (Å²) in [5, 5.41) is 0. The molecule has 1 aliphatic rings. The Kier molecular flexibility index (Phi) is 5.29. The maximum Gasteiger partial charge on any atom is 0.280 e. The maximum absolute atomic E-state index is 13.5. The third kappa shape index (κ3) is 3.43. The second kappa shape index (κ2) is 7.95. The zero-order valence-electron chi connectivity index (χ0n) is 17.6. The Morgan fingerprint density at radius 3 is 2.44 bits per heavy atom. The average Bonchev–Trinajstić information content (AvgIpc) is 3.04. The van der Waals surface area contributed by atoms with E-state index in [0.29, 0.717) is 28.3 Å². The molecular formula is C22H20F2N6O2. The van der Waals surface area contributed by atoms with Crippen molar-refractivity contribution < 1.29 is 18.3 Å². The molecule has 1 atom stereocenters. The standard InChI is InChI=1S/C22H20F2N6O2/c1-12-26-10-14(11-27-12)13-7-15(9-16(8-13)32-3)22(20(31)30(2)21(25)29-22)18-6-4-5-17(28-18)19(23)24/h4-11,19H,1-3H3,(H2,25,29). The number of nitrogens with two attached hydrogens (primary N) is 1. The molecule has 8 nitrogen and oxygen atoms in total. The number of aromatic nitrogens is 3. The van der Waals surface area contributed by atoms with E-state index in [4.69, 9.17) is 10.5 Å². The van der Waals surface area contributed by atoms with Crippen molar-refractivity contribution >= 4 is 11.9 Å². The van der Waals surface area contributed by atoms with Gasteiger partial charge in [-0.1, -0.05) is 6.07 Å². The minimum atomic E-state index is -2.81. The number of rotatable bonds is 5. The number of aliphatic imine (C=N–C) groups is 1. The van der Waals surface area contributed by atoms with Crippen LogP contribution in [0.25, 0.3) is 11.1 Å². The van der Waals surface area contributed by atoms with Gasteiger partial charge in [0.05, 0.1) is 12.8 Å². The highest BCUT2D eigenvalue weighted by Gasteiger charge is 2.51. The molecule has 1 aliphatic heterocycles. The molecule has 10 heteroatoms. The number of carbonyl (C=O) groups is 1. The van der Waals surface area contributed by atoms with Gasteiger partial charge in [0.15, 0.2) is 5.96 Å². The number of nitrogens with zero attached hydrogens (tertiary/aromatic N) is 5. The number of guanidine groups is 1. The van der Waals surface area contributed by atoms with Crippen molar-refractivity contribution in [1.82, 2.24) is 19.9 Å². The Morgan fingerprint density at radius 2 is 1.84 bits per heavy atom. The summed E-state index contributed by atoms with van der Waals surface area (Å²) in [6.45, 7) is 1.77. The minimum absolute atomic E-state index is 0.0342. The van der Waals surface area contributed by atoms with Gasteiger partial charge in [-0.3, -0.25) is 9.69 Å². The number of likely N-dealkylation sites (N-methyl/N-ethyl adjacent to an activating group) is 1. The second-order valence-corrected chi connectivity index (χ2v) is 7.26. The molecule has 0 aliphatic carbocycles. The van der Waals surface area contributed by atoms with E-state index < -0.39 is 23.6 Å². The van der Waals surface area contributed by atoms with Crippen molar-refractivity contribution in [3.05, 3.63) is 71.6 Å². The Balaban J connectivity index is 1.99. The van der Waals surface area contributed by atoms with E-state index in [0.717, 1.165) is 0 Å². The maximum atomic E-state index is 13.5. The highest BCUT2D eigenvalue weighted by molar-refractivity contribution is 6.08. The lowest BCUT2D eigenvalue weighted by atomic mass is 9.84. The molecule has 2 aromatic heterocycles. The molecule has 1 unspecified atom stereocenters. The molecule has 0 fully saturated rings. The predicted molar refractivity (Wildman–Crippen MR) is 113 cm³/mol. The van der Waals surface area contributed by atoms with E-state index in [1.807, 2.05) is 0 Å². The number of alkyl halides is 2. The van der Waals surface area contributed by atoms with Crippen LogP contribution < -0.4 is 10.5 Å². The van der Waals surface area contributed by atoms with Crippen molar-refractivity contribution in [3.63, 3.8) is 0 Å². The summed E-state index contributed by atoms with van der Waals surface area (Å²) in [6.07, 6.45) is 0.473. The summed E-state index contributed by atoms with van der Waals surface area (Å²) >= 11 is 0. The van der Waals surface area contributed by atoms with Crippen LogP contribution in [0.5, 0.6) is 5.75 Å². The van der Waals surface area contributed by atoms with Gasteiger partial charge in [0.1, 0.15) is 17.3 Å². The first kappa shape index (κ1) is 21.3. The van der Waals surface area contributed by atoms with Crippen LogP contribution >= 0.6 is 0 Å². The van der Waals surface area contributed by atoms with E-state index in [9.17, 15) is 13.6 Å². The average molecular weight is 438 g/mol. The van der Waals surface area contributed by atoms with Crippen molar-refractivity contribution in [3.8, 4) is 16.9 Å². The smallest absolute Gasteiger partial charge is 0.280 e. The highest BCUT2D eigenvalue weighted by Crippen LogP contribution is 2.41. The molecule has 3 heterocycles. The lowest BCUT2D eigenvalue weighted by Crippen LogP contribution is -2.41. The number of aryl methyl sites for hydroxylation is 1. The van der Waals surface area contributed by atoms with Crippen molar-refractivity contribution in [2.45, 2.75) is 18.9 Å². The first-order valence-corrected chi connectivity index (χ1v) is 9.64. The third-order valence-corrected chi connectivity index (χ3v) is 5.28. The molecular weight excluding hydrogens is 418 g/mol. The number of pyridine rings is 1. The molecule has 1 aromatic carbocycles. The van der Waals surface area contributed by atoms with Gasteiger partial charge in [-0.25, -0.2) is 28.7 Å². The fourth-order valence-electron chi connectivity index (χ4n) is 3.55. The summed E-state index contributed by atoms with van der Waals surface area (Å²) < 4.78 is 32.2. The van der Waals surface area contributed by atoms with Gasteiger partial charge in [-0.15, -0.1) is 0 Å². The van der Waals surface area contributed by atoms with Gasteiger partial charge in [-0.2, -0.15) is 0 Å². The number of carbonyl (C=O) groups excluding carboxylic acids is 1. The van der Waals surface area contributed by atoms with Crippen molar-refractivity contribution in [1.29, 1.82) is 0 Å². The number of ether oxygens (including phenoxy) is 1. The van der Waals surface area contributed by atoms with Gasteiger partial charge in [0.25, 0.3) is 12.3 Å². The molecule has 1 amide bonds. The largest absolute Gasteiger partial charge is 0.497 e. The number of halogens is 2. The number of hydrogen-bond acceptors (Lipinski definition) is 7. The molecule has 164 valence electrons. The minimum Gasteiger partial charge on any atom is -0.497 e. The van der Waals surface area contributed by atoms with Gasteiger partial charge in [-0.05, 0) is 48.4 Å². The number of methoxy groups -OCH3 is 1. The molecule has 0 radical (unpaired) electrons. The molecule has 4 rings (SSSR count). The Labute approximate surface area is 182 Å². The molecule has 2 N–H and O–H groups in total. The molecule has 0 saturated heterocycles. The molecule has 32 heavy (non-hydrogen) atoms. The lowest BCUT2D eigenvalue weighted by Gasteiger charge is -2.26. The van der Waals surface area contributed by atoms with Crippen LogP contribution in [0.15, 0.2) is 53.8 Å². The Hall–Kier alpha value is -3.95. The summed E-state index contributed by atoms with van der Waals surface area (Å²) in [5.41, 5.74) is 5.49. The Bertz CT molecular complexity index is 1220. The van der Waals surface area contributed by atoms with Gasteiger partial charge in [0, 0.05) is 25.0 Å². The van der Waals surface area contributed by atoms with E-state index >= 15 is 0 Å². The van der Waals surface area contributed by atoms with E-state index in [-0.39, 0.29) is 11.7 Å². The fraction of sp³-hybridized carbons (Fsp3) is 0.227. The van der Waals surface area contributed by atoms with Crippen LogP contribution in [0.3, 0.4) is 0 Å². The van der Waals surface area contributed by atoms with Gasteiger partial charge < -0.3 is 10.5 Å². The molecule has 3 aromatic rings. The fourth-order valence-corrected chi connectivity index (χ4v) is 3.55. The topological polar surface area (TPSA) is 107 Å². The number of hydrogen-bond donors (Lipinski definition) is 1. The van der Waals surface area contributed by atoms with E-state index in [1.165, 1.54) is 37.3 Å². The van der Waals surface area contributed by atoms with E-state index in [2.05, 4.69) is 19.9 Å². The molecule has 0 saturated carbocycles. The zero-order valence-corrected chi connectivity index (χ0v) is 17.6. The predicted octanol–water partition coefficient (Wildman–Crippen LogP) is 2.82. The number of benzene rings is 1. The lowest BCUT2D eigenvalue weighted by molar-refractivity contribution is -0.129. The SMILES string of the molecule is COc1cc(-c2cnc(C)nc2)cc(C2(c3cccc(C(F)F)n3)N=C(N)N(C)C2=O)c1. The zero-order chi connectivity index (χ0) is 23.0. The highest BCUT2D eigenvalue weighted by atomic mass is 19.3. The van der Waals surface area contributed by atoms with Crippen LogP contribution in [0.1, 0.15) is 29.2 Å². The van der Waals surface area contributed by atoms with Crippen LogP contribution in [0, 0.1) is 6.92 Å². The van der Waals surface area contributed by atoms with Crippen LogP contribution in [0.4, 0.5) is 8.78 Å². The molecule has 0 bridgehead atoms. The third-order valence-electron chi connectivity index (χ3n) is 5.28. The van der Waals surface area contributed by atoms with Gasteiger partial charge in [0.2, 0.25) is 5.54 Å². The van der Waals surface area contributed by atoms with Crippen LogP contribution in [-0.2, 0) is 10.3 Å². The van der Waals surface area contributed by atoms with Crippen LogP contribution in [-0.4, -0.2) is 45.9 Å². The van der Waals surface area contributed by atoms with E-state index in [1.54, 1.807) is 37.5 Å².